The van der Waals surface area contributed by atoms with Crippen LogP contribution < -0.4 is 20.1 Å². The van der Waals surface area contributed by atoms with Gasteiger partial charge in [-0.3, -0.25) is 4.79 Å². The van der Waals surface area contributed by atoms with E-state index >= 15 is 0 Å². The first-order chi connectivity index (χ1) is 23.9. The van der Waals surface area contributed by atoms with E-state index in [0.717, 1.165) is 32.0 Å². The molecule has 3 heterocycles. The predicted molar refractivity (Wildman–Crippen MR) is 198 cm³/mol. The zero-order valence-electron chi connectivity index (χ0n) is 28.9. The molecule has 1 aliphatic heterocycles. The molecule has 0 aliphatic carbocycles. The summed E-state index contributed by atoms with van der Waals surface area (Å²) in [6.45, 7) is 10.2. The molecule has 50 heavy (non-hydrogen) atoms. The minimum absolute atomic E-state index is 0.263. The van der Waals surface area contributed by atoms with Crippen LogP contribution in [-0.2, 0) is 22.6 Å². The van der Waals surface area contributed by atoms with Gasteiger partial charge in [-0.15, -0.1) is 22.7 Å². The van der Waals surface area contributed by atoms with Crippen molar-refractivity contribution in [2.45, 2.75) is 53.4 Å². The van der Waals surface area contributed by atoms with Crippen molar-refractivity contribution in [3.8, 4) is 43.5 Å². The molecule has 2 N–H and O–H groups in total. The summed E-state index contributed by atoms with van der Waals surface area (Å²) in [6, 6.07) is 18.3. The van der Waals surface area contributed by atoms with E-state index in [9.17, 15) is 14.4 Å². The second-order valence-corrected chi connectivity index (χ2v) is 15.0. The molecule has 3 aromatic carbocycles. The van der Waals surface area contributed by atoms with Crippen molar-refractivity contribution in [1.82, 2.24) is 5.32 Å². The monoisotopic (exact) mass is 710 g/mol. The Kier molecular flexibility index (Phi) is 9.73. The number of methoxy groups -OCH3 is 2. The van der Waals surface area contributed by atoms with Gasteiger partial charge in [-0.2, -0.15) is 0 Å². The van der Waals surface area contributed by atoms with Crippen molar-refractivity contribution in [3.05, 3.63) is 98.7 Å². The molecule has 2 aromatic heterocycles. The van der Waals surface area contributed by atoms with Crippen LogP contribution in [0, 0.1) is 13.8 Å². The van der Waals surface area contributed by atoms with Gasteiger partial charge in [-0.05, 0) is 99.2 Å². The Hall–Kier alpha value is -5.13. The lowest BCUT2D eigenvalue weighted by Crippen LogP contribution is -2.32. The number of hydrogen-bond donors (Lipinski definition) is 2. The number of hydrogen-bond acceptors (Lipinski definition) is 9. The third-order valence-electron chi connectivity index (χ3n) is 8.36. The van der Waals surface area contributed by atoms with Crippen molar-refractivity contribution < 1.29 is 33.3 Å². The summed E-state index contributed by atoms with van der Waals surface area (Å²) < 4.78 is 22.7. The first-order valence-electron chi connectivity index (χ1n) is 16.0. The molecule has 0 spiro atoms. The fourth-order valence-electron chi connectivity index (χ4n) is 5.77. The van der Waals surface area contributed by atoms with E-state index in [1.807, 2.05) is 35.7 Å². The molecule has 1 aliphatic rings. The number of amides is 2. The number of ether oxygens (including phenoxy) is 4. The molecule has 258 valence electrons. The number of thiophene rings is 2. The summed E-state index contributed by atoms with van der Waals surface area (Å²) in [7, 11) is 2.92. The quantitative estimate of drug-likeness (QED) is 0.154. The zero-order valence-corrected chi connectivity index (χ0v) is 30.6. The number of rotatable bonds is 8. The summed E-state index contributed by atoms with van der Waals surface area (Å²) >= 11 is 3.20. The van der Waals surface area contributed by atoms with Gasteiger partial charge >= 0.3 is 12.1 Å². The Morgan fingerprint density at radius 2 is 1.62 bits per heavy atom. The van der Waals surface area contributed by atoms with E-state index < -0.39 is 17.7 Å². The van der Waals surface area contributed by atoms with Crippen LogP contribution in [0.4, 0.5) is 10.5 Å². The molecular formula is C39H38N2O7S2. The number of alkyl carbamates (subject to hydrolysis) is 1. The minimum atomic E-state index is -0.600. The van der Waals surface area contributed by atoms with Crippen LogP contribution in [0.3, 0.4) is 0 Å². The molecule has 6 rings (SSSR count). The van der Waals surface area contributed by atoms with E-state index in [4.69, 9.17) is 18.9 Å². The van der Waals surface area contributed by atoms with Gasteiger partial charge in [0, 0.05) is 54.7 Å². The Bertz CT molecular complexity index is 2090. The number of nitrogens with one attached hydrogen (secondary N) is 2. The highest BCUT2D eigenvalue weighted by Crippen LogP contribution is 2.48. The highest BCUT2D eigenvalue weighted by molar-refractivity contribution is 7.16. The Labute approximate surface area is 299 Å². The van der Waals surface area contributed by atoms with E-state index in [-0.39, 0.29) is 12.5 Å². The van der Waals surface area contributed by atoms with Crippen LogP contribution in [-0.4, -0.2) is 37.8 Å². The van der Waals surface area contributed by atoms with Gasteiger partial charge in [0.25, 0.3) is 5.91 Å². The number of esters is 1. The van der Waals surface area contributed by atoms with E-state index in [1.54, 1.807) is 69.5 Å². The van der Waals surface area contributed by atoms with Crippen LogP contribution in [0.15, 0.2) is 66.0 Å². The van der Waals surface area contributed by atoms with Crippen LogP contribution in [0.1, 0.15) is 63.1 Å². The Morgan fingerprint density at radius 3 is 2.28 bits per heavy atom. The van der Waals surface area contributed by atoms with Crippen LogP contribution in [0.5, 0.6) is 11.5 Å². The molecule has 11 heteroatoms. The lowest BCUT2D eigenvalue weighted by molar-refractivity contribution is 0.0522. The van der Waals surface area contributed by atoms with Gasteiger partial charge in [0.05, 0.1) is 19.8 Å². The number of fused-ring (bicyclic) bond motifs is 3. The maximum absolute atomic E-state index is 14.2. The molecule has 5 aromatic rings. The molecule has 0 fully saturated rings. The second-order valence-electron chi connectivity index (χ2n) is 12.8. The van der Waals surface area contributed by atoms with E-state index in [1.165, 1.54) is 28.9 Å². The van der Waals surface area contributed by atoms with Gasteiger partial charge < -0.3 is 29.6 Å². The molecule has 0 radical (unpaired) electrons. The van der Waals surface area contributed by atoms with E-state index in [0.29, 0.717) is 46.0 Å². The lowest BCUT2D eigenvalue weighted by atomic mass is 9.89. The first kappa shape index (κ1) is 34.7. The molecule has 2 amide bonds. The van der Waals surface area contributed by atoms with Crippen molar-refractivity contribution in [2.24, 2.45) is 0 Å². The topological polar surface area (TPSA) is 112 Å². The van der Waals surface area contributed by atoms with Gasteiger partial charge in [0.1, 0.15) is 23.7 Å². The van der Waals surface area contributed by atoms with Gasteiger partial charge in [-0.25, -0.2) is 9.59 Å². The number of carbonyl (C=O) groups excluding carboxylic acids is 3. The third-order valence-corrected chi connectivity index (χ3v) is 10.5. The molecule has 0 bridgehead atoms. The maximum Gasteiger partial charge on any atom is 0.407 e. The zero-order chi connectivity index (χ0) is 35.7. The highest BCUT2D eigenvalue weighted by Gasteiger charge is 2.29. The average molecular weight is 711 g/mol. The Morgan fingerprint density at radius 1 is 0.900 bits per heavy atom. The number of benzene rings is 3. The highest BCUT2D eigenvalue weighted by atomic mass is 32.1. The van der Waals surface area contributed by atoms with E-state index in [2.05, 4.69) is 24.5 Å². The maximum atomic E-state index is 14.2. The van der Waals surface area contributed by atoms with Crippen molar-refractivity contribution in [2.75, 3.05) is 19.5 Å². The first-order valence-corrected chi connectivity index (χ1v) is 17.7. The minimum Gasteiger partial charge on any atom is -0.496 e. The molecule has 0 saturated carbocycles. The predicted octanol–water partition coefficient (Wildman–Crippen LogP) is 9.39. The van der Waals surface area contributed by atoms with Crippen LogP contribution in [0.25, 0.3) is 32.0 Å². The van der Waals surface area contributed by atoms with Crippen molar-refractivity contribution in [1.29, 1.82) is 0 Å². The second kappa shape index (κ2) is 14.0. The third kappa shape index (κ3) is 7.10. The average Bonchev–Trinajstić information content (AvgIpc) is 3.73. The standard InChI is InChI=1S/C39H38N2O7S2/c1-21-22(2)50-35-30-16-28(37(43)46-7)26(18-33(30)47-20-31(21)35)25-17-32(45-6)29(34-9-8-14-49-34)15-27(25)36(42)41-24-12-10-23(11-13-24)19-40-38(44)48-39(3,4)5/h8-18H,19-20H2,1-7H3,(H,40,44)(H,41,42). The Balaban J connectivity index is 1.41. The van der Waals surface area contributed by atoms with Gasteiger partial charge in [0.2, 0.25) is 0 Å². The molecule has 0 saturated heterocycles. The summed E-state index contributed by atoms with van der Waals surface area (Å²) in [6.07, 6.45) is -0.511. The van der Waals surface area contributed by atoms with Crippen molar-refractivity contribution >= 4 is 46.3 Å². The SMILES string of the molecule is COC(=O)c1cc2c(cc1-c1cc(OC)c(-c3cccs3)cc1C(=O)Nc1ccc(CNC(=O)OC(C)(C)C)cc1)OCc1c-2sc(C)c1C. The summed E-state index contributed by atoms with van der Waals surface area (Å²) in [5.41, 5.74) is 6.21. The fraction of sp³-hybridized carbons (Fsp3) is 0.256. The molecule has 0 atom stereocenters. The lowest BCUT2D eigenvalue weighted by Gasteiger charge is -2.22. The molecule has 0 unspecified atom stereocenters. The van der Waals surface area contributed by atoms with Crippen molar-refractivity contribution in [3.63, 3.8) is 0 Å². The molecular weight excluding hydrogens is 673 g/mol. The number of anilines is 1. The largest absolute Gasteiger partial charge is 0.496 e. The summed E-state index contributed by atoms with van der Waals surface area (Å²) in [5, 5.41) is 7.71. The summed E-state index contributed by atoms with van der Waals surface area (Å²) in [5.74, 6) is 0.233. The number of carbonyl (C=O) groups is 3. The van der Waals surface area contributed by atoms with Crippen LogP contribution >= 0.6 is 22.7 Å². The van der Waals surface area contributed by atoms with Gasteiger partial charge in [0.15, 0.2) is 0 Å². The smallest absolute Gasteiger partial charge is 0.407 e. The van der Waals surface area contributed by atoms with Crippen LogP contribution in [0.2, 0.25) is 0 Å². The van der Waals surface area contributed by atoms with Gasteiger partial charge in [-0.1, -0.05) is 18.2 Å². The fourth-order valence-corrected chi connectivity index (χ4v) is 7.70. The molecule has 9 nitrogen and oxygen atoms in total. The number of aryl methyl sites for hydroxylation is 1. The summed E-state index contributed by atoms with van der Waals surface area (Å²) in [4.78, 5) is 42.9. The normalized spacial score (nSPS) is 11.9.